The average molecular weight is 410 g/mol. The second kappa shape index (κ2) is 9.30. The zero-order valence-electron chi connectivity index (χ0n) is 17.9. The molecule has 1 aromatic carbocycles. The van der Waals surface area contributed by atoms with Gasteiger partial charge in [0.15, 0.2) is 5.96 Å². The van der Waals surface area contributed by atoms with Crippen molar-refractivity contribution >= 4 is 17.6 Å². The highest BCUT2D eigenvalue weighted by atomic mass is 16.2. The number of piperazine rings is 1. The summed E-state index contributed by atoms with van der Waals surface area (Å²) in [6, 6.07) is 11.1. The van der Waals surface area contributed by atoms with Crippen LogP contribution in [0.3, 0.4) is 0 Å². The third kappa shape index (κ3) is 4.64. The number of nitrogens with zero attached hydrogens (tertiary/aromatic N) is 6. The van der Waals surface area contributed by atoms with Gasteiger partial charge in [0.05, 0.1) is 11.9 Å². The van der Waals surface area contributed by atoms with Crippen molar-refractivity contribution in [3.8, 4) is 0 Å². The Labute approximate surface area is 178 Å². The summed E-state index contributed by atoms with van der Waals surface area (Å²) in [6.45, 7) is 4.66. The Morgan fingerprint density at radius 3 is 2.77 bits per heavy atom. The molecule has 1 amide bonds. The number of hydrogen-bond donors (Lipinski definition) is 1. The molecule has 1 unspecified atom stereocenters. The molecule has 2 aromatic rings. The number of nitrogens with one attached hydrogen (secondary N) is 1. The van der Waals surface area contributed by atoms with Crippen LogP contribution >= 0.6 is 0 Å². The van der Waals surface area contributed by atoms with Crippen molar-refractivity contribution in [2.45, 2.75) is 25.4 Å². The molecule has 8 heteroatoms. The Bertz CT molecular complexity index is 879. The Kier molecular flexibility index (Phi) is 6.32. The molecule has 30 heavy (non-hydrogen) atoms. The number of aliphatic imine (C=N–C) groups is 1. The summed E-state index contributed by atoms with van der Waals surface area (Å²) < 4.78 is 1.72. The monoisotopic (exact) mass is 409 g/mol. The van der Waals surface area contributed by atoms with Crippen LogP contribution in [0, 0.1) is 0 Å². The molecule has 4 rings (SSSR count). The number of carbonyl (C=O) groups excluding carboxylic acids is 1. The number of anilines is 1. The SMILES string of the molecule is CN=C(NCC1CCCN1Cc1ccccc1)N1CCN(c2cnn(C)c2)C(=O)C1. The zero-order valence-corrected chi connectivity index (χ0v) is 17.9. The molecule has 160 valence electrons. The molecule has 1 atom stereocenters. The number of carbonyl (C=O) groups is 1. The molecule has 2 fully saturated rings. The molecule has 0 saturated carbocycles. The first-order chi connectivity index (χ1) is 14.6. The van der Waals surface area contributed by atoms with Crippen LogP contribution in [0.15, 0.2) is 47.7 Å². The molecule has 0 aliphatic carbocycles. The highest BCUT2D eigenvalue weighted by molar-refractivity contribution is 5.98. The minimum absolute atomic E-state index is 0.0729. The smallest absolute Gasteiger partial charge is 0.246 e. The van der Waals surface area contributed by atoms with E-state index < -0.39 is 0 Å². The Morgan fingerprint density at radius 1 is 1.23 bits per heavy atom. The van der Waals surface area contributed by atoms with Crippen molar-refractivity contribution in [3.63, 3.8) is 0 Å². The Morgan fingerprint density at radius 2 is 2.07 bits per heavy atom. The van der Waals surface area contributed by atoms with E-state index in [0.29, 0.717) is 19.1 Å². The van der Waals surface area contributed by atoms with E-state index in [1.807, 2.05) is 18.1 Å². The van der Waals surface area contributed by atoms with E-state index >= 15 is 0 Å². The number of rotatable bonds is 5. The van der Waals surface area contributed by atoms with E-state index in [1.165, 1.54) is 18.4 Å². The van der Waals surface area contributed by atoms with Crippen LogP contribution in [0.5, 0.6) is 0 Å². The van der Waals surface area contributed by atoms with Gasteiger partial charge in [0, 0.05) is 52.5 Å². The van der Waals surface area contributed by atoms with Gasteiger partial charge < -0.3 is 15.1 Å². The van der Waals surface area contributed by atoms with Crippen molar-refractivity contribution in [2.24, 2.45) is 12.0 Å². The molecule has 8 nitrogen and oxygen atoms in total. The fraction of sp³-hybridized carbons (Fsp3) is 0.500. The van der Waals surface area contributed by atoms with Crippen LogP contribution in [-0.2, 0) is 18.4 Å². The van der Waals surface area contributed by atoms with Gasteiger partial charge in [-0.25, -0.2) is 0 Å². The molecule has 0 bridgehead atoms. The standard InChI is InChI=1S/C22H31N7O/c1-23-22(28-11-12-29(21(30)17-28)20-14-25-26(2)16-20)24-13-19-9-6-10-27(19)15-18-7-4-3-5-8-18/h3-5,7-8,14,16,19H,6,9-13,15,17H2,1-2H3,(H,23,24). The van der Waals surface area contributed by atoms with Gasteiger partial charge in [-0.05, 0) is 24.9 Å². The van der Waals surface area contributed by atoms with E-state index in [4.69, 9.17) is 0 Å². The van der Waals surface area contributed by atoms with Crippen LogP contribution in [0.2, 0.25) is 0 Å². The summed E-state index contributed by atoms with van der Waals surface area (Å²) in [7, 11) is 3.65. The van der Waals surface area contributed by atoms with Crippen molar-refractivity contribution in [3.05, 3.63) is 48.3 Å². The molecule has 3 heterocycles. The number of hydrogen-bond acceptors (Lipinski definition) is 4. The number of benzene rings is 1. The van der Waals surface area contributed by atoms with E-state index in [1.54, 1.807) is 22.8 Å². The maximum Gasteiger partial charge on any atom is 0.246 e. The summed E-state index contributed by atoms with van der Waals surface area (Å²) in [5, 5.41) is 7.70. The number of aryl methyl sites for hydroxylation is 1. The molecular weight excluding hydrogens is 378 g/mol. The lowest BCUT2D eigenvalue weighted by molar-refractivity contribution is -0.120. The zero-order chi connectivity index (χ0) is 20.9. The molecule has 2 aliphatic heterocycles. The Hall–Kier alpha value is -2.87. The third-order valence-electron chi connectivity index (χ3n) is 5.96. The molecule has 2 aliphatic rings. The van der Waals surface area contributed by atoms with Gasteiger partial charge in [0.25, 0.3) is 0 Å². The normalized spacial score (nSPS) is 20.8. The number of aromatic nitrogens is 2. The lowest BCUT2D eigenvalue weighted by atomic mass is 10.2. The minimum Gasteiger partial charge on any atom is -0.355 e. The third-order valence-corrected chi connectivity index (χ3v) is 5.96. The van der Waals surface area contributed by atoms with Crippen LogP contribution in [0.25, 0.3) is 0 Å². The largest absolute Gasteiger partial charge is 0.355 e. The van der Waals surface area contributed by atoms with Crippen molar-refractivity contribution in [1.29, 1.82) is 0 Å². The minimum atomic E-state index is 0.0729. The first-order valence-corrected chi connectivity index (χ1v) is 10.7. The second-order valence-corrected chi connectivity index (χ2v) is 8.02. The van der Waals surface area contributed by atoms with E-state index in [9.17, 15) is 4.79 Å². The molecule has 0 spiro atoms. The first kappa shape index (κ1) is 20.4. The summed E-state index contributed by atoms with van der Waals surface area (Å²) in [4.78, 5) is 23.5. The summed E-state index contributed by atoms with van der Waals surface area (Å²) in [5.41, 5.74) is 2.21. The molecule has 2 saturated heterocycles. The fourth-order valence-electron chi connectivity index (χ4n) is 4.37. The van der Waals surface area contributed by atoms with Crippen molar-refractivity contribution < 1.29 is 4.79 Å². The number of amides is 1. The molecule has 0 radical (unpaired) electrons. The summed E-state index contributed by atoms with van der Waals surface area (Å²) in [5.74, 6) is 0.879. The van der Waals surface area contributed by atoms with Gasteiger partial charge in [0.2, 0.25) is 5.91 Å². The lowest BCUT2D eigenvalue weighted by Crippen LogP contribution is -2.56. The van der Waals surface area contributed by atoms with Crippen LogP contribution in [-0.4, -0.2) is 77.3 Å². The number of guanidine groups is 1. The van der Waals surface area contributed by atoms with E-state index in [0.717, 1.165) is 37.8 Å². The predicted molar refractivity (Wildman–Crippen MR) is 118 cm³/mol. The maximum atomic E-state index is 12.7. The second-order valence-electron chi connectivity index (χ2n) is 8.02. The Balaban J connectivity index is 1.31. The van der Waals surface area contributed by atoms with Crippen molar-refractivity contribution in [1.82, 2.24) is 24.9 Å². The van der Waals surface area contributed by atoms with Crippen LogP contribution < -0.4 is 10.2 Å². The van der Waals surface area contributed by atoms with Crippen LogP contribution in [0.4, 0.5) is 5.69 Å². The first-order valence-electron chi connectivity index (χ1n) is 10.7. The summed E-state index contributed by atoms with van der Waals surface area (Å²) >= 11 is 0. The van der Waals surface area contributed by atoms with Gasteiger partial charge in [0.1, 0.15) is 6.54 Å². The topological polar surface area (TPSA) is 69.0 Å². The predicted octanol–water partition coefficient (Wildman–Crippen LogP) is 1.31. The van der Waals surface area contributed by atoms with Gasteiger partial charge >= 0.3 is 0 Å². The highest BCUT2D eigenvalue weighted by Crippen LogP contribution is 2.20. The maximum absolute atomic E-state index is 12.7. The summed E-state index contributed by atoms with van der Waals surface area (Å²) in [6.07, 6.45) is 6.02. The van der Waals surface area contributed by atoms with E-state index in [2.05, 4.69) is 50.6 Å². The van der Waals surface area contributed by atoms with Gasteiger partial charge in [-0.15, -0.1) is 0 Å². The molecule has 1 aromatic heterocycles. The molecule has 1 N–H and O–H groups in total. The number of likely N-dealkylation sites (tertiary alicyclic amines) is 1. The quantitative estimate of drug-likeness (QED) is 0.596. The van der Waals surface area contributed by atoms with Gasteiger partial charge in [-0.2, -0.15) is 5.10 Å². The fourth-order valence-corrected chi connectivity index (χ4v) is 4.37. The van der Waals surface area contributed by atoms with Gasteiger partial charge in [-0.1, -0.05) is 30.3 Å². The van der Waals surface area contributed by atoms with Gasteiger partial charge in [-0.3, -0.25) is 19.4 Å². The van der Waals surface area contributed by atoms with Crippen LogP contribution in [0.1, 0.15) is 18.4 Å². The van der Waals surface area contributed by atoms with Crippen molar-refractivity contribution in [2.75, 3.05) is 44.7 Å². The lowest BCUT2D eigenvalue weighted by Gasteiger charge is -2.36. The highest BCUT2D eigenvalue weighted by Gasteiger charge is 2.29. The van der Waals surface area contributed by atoms with E-state index in [-0.39, 0.29) is 5.91 Å². The molecular formula is C22H31N7O. The average Bonchev–Trinajstić information content (AvgIpc) is 3.38.